The van der Waals surface area contributed by atoms with Gasteiger partial charge in [-0.3, -0.25) is 4.68 Å². The molecule has 7 nitrogen and oxygen atoms in total. The number of hydrogen-bond acceptors (Lipinski definition) is 4. The maximum Gasteiger partial charge on any atom is 0.408 e. The largest absolute Gasteiger partial charge is 0.493 e. The summed E-state index contributed by atoms with van der Waals surface area (Å²) < 4.78 is 54.9. The first-order valence-corrected chi connectivity index (χ1v) is 14.4. The molecule has 0 aliphatic carbocycles. The molecular formula is C33H32F3N3O4. The average molecular weight is 592 g/mol. The van der Waals surface area contributed by atoms with Gasteiger partial charge in [0.15, 0.2) is 0 Å². The maximum atomic E-state index is 13.4. The molecule has 3 aromatic carbocycles. The number of carbonyl (C=O) groups is 1. The van der Waals surface area contributed by atoms with Crippen LogP contribution in [0.15, 0.2) is 60.7 Å². The van der Waals surface area contributed by atoms with Crippen LogP contribution in [-0.4, -0.2) is 44.8 Å². The van der Waals surface area contributed by atoms with Gasteiger partial charge in [0.1, 0.15) is 18.0 Å². The molecular weight excluding hydrogens is 559 g/mol. The molecule has 43 heavy (non-hydrogen) atoms. The van der Waals surface area contributed by atoms with Gasteiger partial charge in [-0.1, -0.05) is 54.6 Å². The van der Waals surface area contributed by atoms with Gasteiger partial charge in [0, 0.05) is 40.7 Å². The third-order valence-corrected chi connectivity index (χ3v) is 8.00. The van der Waals surface area contributed by atoms with Crippen molar-refractivity contribution >= 4 is 27.6 Å². The molecule has 0 unspecified atom stereocenters. The van der Waals surface area contributed by atoms with Crippen LogP contribution < -0.4 is 4.74 Å². The number of hydrogen-bond donors (Lipinski definition) is 1. The molecule has 0 radical (unpaired) electrons. The van der Waals surface area contributed by atoms with Crippen LogP contribution in [0.2, 0.25) is 0 Å². The van der Waals surface area contributed by atoms with Crippen molar-refractivity contribution in [1.29, 1.82) is 0 Å². The van der Waals surface area contributed by atoms with Crippen LogP contribution in [0.25, 0.3) is 32.8 Å². The van der Waals surface area contributed by atoms with Crippen LogP contribution in [0, 0.1) is 6.92 Å². The van der Waals surface area contributed by atoms with Gasteiger partial charge in [0.2, 0.25) is 0 Å². The summed E-state index contributed by atoms with van der Waals surface area (Å²) in [6, 6.07) is 19.4. The minimum atomic E-state index is -4.44. The molecule has 0 saturated heterocycles. The molecule has 3 heterocycles. The lowest BCUT2D eigenvalue weighted by Crippen LogP contribution is -2.19. The molecule has 10 heteroatoms. The Morgan fingerprint density at radius 3 is 2.63 bits per heavy atom. The summed E-state index contributed by atoms with van der Waals surface area (Å²) in [6.45, 7) is 1.70. The lowest BCUT2D eigenvalue weighted by Gasteiger charge is -2.12. The number of aromatic nitrogens is 3. The number of carboxylic acids is 1. The fourth-order valence-corrected chi connectivity index (χ4v) is 6.18. The van der Waals surface area contributed by atoms with Crippen LogP contribution in [0.1, 0.15) is 46.7 Å². The summed E-state index contributed by atoms with van der Waals surface area (Å²) in [4.78, 5) is 12.8. The average Bonchev–Trinajstić information content (AvgIpc) is 3.44. The van der Waals surface area contributed by atoms with Crippen LogP contribution in [-0.2, 0) is 30.9 Å². The quantitative estimate of drug-likeness (QED) is 0.198. The molecule has 0 bridgehead atoms. The van der Waals surface area contributed by atoms with Crippen molar-refractivity contribution in [2.45, 2.75) is 58.5 Å². The van der Waals surface area contributed by atoms with Gasteiger partial charge in [0.25, 0.3) is 0 Å². The van der Waals surface area contributed by atoms with E-state index in [4.69, 9.17) is 9.47 Å². The smallest absolute Gasteiger partial charge is 0.408 e. The van der Waals surface area contributed by atoms with Crippen LogP contribution in [0.4, 0.5) is 13.2 Å². The van der Waals surface area contributed by atoms with Crippen LogP contribution in [0.3, 0.4) is 0 Å². The number of alkyl halides is 3. The van der Waals surface area contributed by atoms with Gasteiger partial charge in [-0.15, -0.1) is 0 Å². The van der Waals surface area contributed by atoms with Gasteiger partial charge in [-0.25, -0.2) is 4.79 Å². The number of para-hydroxylation sites is 1. The Bertz CT molecular complexity index is 1800. The zero-order valence-corrected chi connectivity index (χ0v) is 23.8. The highest BCUT2D eigenvalue weighted by molar-refractivity contribution is 6.04. The van der Waals surface area contributed by atoms with E-state index in [1.54, 1.807) is 6.92 Å². The van der Waals surface area contributed by atoms with Crippen molar-refractivity contribution in [2.24, 2.45) is 0 Å². The van der Waals surface area contributed by atoms with Crippen LogP contribution >= 0.6 is 0 Å². The van der Waals surface area contributed by atoms with Crippen molar-refractivity contribution in [3.63, 3.8) is 0 Å². The van der Waals surface area contributed by atoms with Crippen molar-refractivity contribution in [1.82, 2.24) is 14.3 Å². The van der Waals surface area contributed by atoms with E-state index in [-0.39, 0.29) is 12.3 Å². The topological polar surface area (TPSA) is 78.5 Å². The summed E-state index contributed by atoms with van der Waals surface area (Å²) in [5.74, 6) is -0.264. The standard InChI is InChI=1S/C33H32F3N3O4/c1-21-29-26-13-7-12-24-25(14-8-18-43-28-15-6-10-22-9-2-3-11-23(22)28)31(32(40)41)38(30(24)26)16-4-5-17-42-19-27(29)37-39(21)20-33(34,35)36/h2-3,6-7,9-13,15H,4-5,8,14,16-20H2,1H3,(H,40,41). The highest BCUT2D eigenvalue weighted by Crippen LogP contribution is 2.39. The minimum absolute atomic E-state index is 0.0717. The van der Waals surface area contributed by atoms with Gasteiger partial charge in [-0.2, -0.15) is 18.3 Å². The molecule has 2 aromatic heterocycles. The number of halogens is 3. The predicted octanol–water partition coefficient (Wildman–Crippen LogP) is 7.55. The van der Waals surface area contributed by atoms with Gasteiger partial charge < -0.3 is 19.1 Å². The Hall–Kier alpha value is -4.31. The Morgan fingerprint density at radius 2 is 1.81 bits per heavy atom. The Labute approximate surface area is 246 Å². The lowest BCUT2D eigenvalue weighted by atomic mass is 9.98. The molecule has 5 aromatic rings. The fraction of sp³-hybridized carbons (Fsp3) is 0.333. The van der Waals surface area contributed by atoms with Gasteiger partial charge in [-0.05, 0) is 49.6 Å². The fourth-order valence-electron chi connectivity index (χ4n) is 6.18. The van der Waals surface area contributed by atoms with E-state index in [1.807, 2.05) is 65.2 Å². The van der Waals surface area contributed by atoms with Crippen molar-refractivity contribution in [2.75, 3.05) is 13.2 Å². The first-order chi connectivity index (χ1) is 20.7. The van der Waals surface area contributed by atoms with E-state index in [0.717, 1.165) is 26.6 Å². The molecule has 1 aliphatic rings. The highest BCUT2D eigenvalue weighted by Gasteiger charge is 2.32. The normalized spacial score (nSPS) is 14.0. The summed E-state index contributed by atoms with van der Waals surface area (Å²) in [5.41, 5.74) is 3.57. The number of benzene rings is 3. The van der Waals surface area contributed by atoms with Crippen molar-refractivity contribution in [3.8, 4) is 16.9 Å². The van der Waals surface area contributed by atoms with E-state index >= 15 is 0 Å². The molecule has 0 spiro atoms. The number of aryl methyl sites for hydroxylation is 2. The Morgan fingerprint density at radius 1 is 1.05 bits per heavy atom. The SMILES string of the molecule is Cc1c2c(nn1CC(F)(F)F)COCCCCn1c(C(=O)O)c(CCCOc3cccc4ccccc34)c3cccc-2c31. The third kappa shape index (κ3) is 5.71. The molecule has 0 fully saturated rings. The maximum absolute atomic E-state index is 13.4. The van der Waals surface area contributed by atoms with Crippen molar-refractivity contribution < 1.29 is 32.5 Å². The summed E-state index contributed by atoms with van der Waals surface area (Å²) >= 11 is 0. The van der Waals surface area contributed by atoms with E-state index in [1.165, 1.54) is 0 Å². The van der Waals surface area contributed by atoms with Gasteiger partial charge >= 0.3 is 12.1 Å². The van der Waals surface area contributed by atoms with Crippen molar-refractivity contribution in [3.05, 3.63) is 83.3 Å². The molecule has 1 N–H and O–H groups in total. The number of aromatic carboxylic acids is 1. The first-order valence-electron chi connectivity index (χ1n) is 14.4. The zero-order valence-electron chi connectivity index (χ0n) is 23.8. The molecule has 224 valence electrons. The number of fused-ring (bicyclic) bond motifs is 3. The zero-order chi connectivity index (χ0) is 30.1. The lowest BCUT2D eigenvalue weighted by molar-refractivity contribution is -0.143. The number of nitrogens with zero attached hydrogens (tertiary/aromatic N) is 3. The Balaban J connectivity index is 1.41. The molecule has 0 atom stereocenters. The van der Waals surface area contributed by atoms with E-state index in [0.29, 0.717) is 79.0 Å². The minimum Gasteiger partial charge on any atom is -0.493 e. The number of ether oxygens (including phenoxy) is 2. The third-order valence-electron chi connectivity index (χ3n) is 8.00. The highest BCUT2D eigenvalue weighted by atomic mass is 19.4. The van der Waals surface area contributed by atoms with E-state index in [9.17, 15) is 23.1 Å². The number of carboxylic acid groups (broad SMARTS) is 1. The molecule has 1 aliphatic heterocycles. The van der Waals surface area contributed by atoms with Crippen LogP contribution in [0.5, 0.6) is 5.75 Å². The molecule has 0 amide bonds. The second-order valence-electron chi connectivity index (χ2n) is 10.9. The van der Waals surface area contributed by atoms with Gasteiger partial charge in [0.05, 0.1) is 24.4 Å². The summed E-state index contributed by atoms with van der Waals surface area (Å²) in [6.07, 6.45) is -2.04. The van der Waals surface area contributed by atoms with E-state index < -0.39 is 18.7 Å². The second kappa shape index (κ2) is 11.8. The summed E-state index contributed by atoms with van der Waals surface area (Å²) in [7, 11) is 0. The number of rotatable bonds is 7. The predicted molar refractivity (Wildman–Crippen MR) is 158 cm³/mol. The summed E-state index contributed by atoms with van der Waals surface area (Å²) in [5, 5.41) is 17.6. The monoisotopic (exact) mass is 591 g/mol. The van der Waals surface area contributed by atoms with E-state index in [2.05, 4.69) is 5.10 Å². The Kier molecular flexibility index (Phi) is 7.87. The second-order valence-corrected chi connectivity index (χ2v) is 10.9. The molecule has 0 saturated carbocycles. The first kappa shape index (κ1) is 28.8. The molecule has 6 rings (SSSR count).